The van der Waals surface area contributed by atoms with Gasteiger partial charge in [0.05, 0.1) is 7.11 Å². The van der Waals surface area contributed by atoms with Crippen molar-refractivity contribution in [1.82, 2.24) is 9.97 Å². The molecule has 6 heteroatoms. The lowest BCUT2D eigenvalue weighted by molar-refractivity contribution is 0.101. The van der Waals surface area contributed by atoms with Gasteiger partial charge in [0.25, 0.3) is 0 Å². The van der Waals surface area contributed by atoms with Crippen LogP contribution in [0.25, 0.3) is 0 Å². The van der Waals surface area contributed by atoms with Crippen LogP contribution in [0.15, 0.2) is 54.6 Å². The third kappa shape index (κ3) is 4.36. The topological polar surface area (TPSA) is 76.1 Å². The monoisotopic (exact) mass is 348 g/mol. The summed E-state index contributed by atoms with van der Waals surface area (Å²) in [6.45, 7) is 3.37. The molecule has 0 saturated carbocycles. The Morgan fingerprint density at radius 2 is 1.54 bits per heavy atom. The van der Waals surface area contributed by atoms with Gasteiger partial charge in [-0.25, -0.2) is 9.97 Å². The fraction of sp³-hybridized carbons (Fsp3) is 0.150. The van der Waals surface area contributed by atoms with E-state index in [0.717, 1.165) is 17.1 Å². The van der Waals surface area contributed by atoms with Crippen molar-refractivity contribution < 1.29 is 9.53 Å². The predicted molar refractivity (Wildman–Crippen MR) is 103 cm³/mol. The number of aryl methyl sites for hydroxylation is 1. The van der Waals surface area contributed by atoms with Gasteiger partial charge in [0.1, 0.15) is 23.2 Å². The molecule has 0 saturated heterocycles. The number of ketones is 1. The number of hydrogen-bond donors (Lipinski definition) is 2. The molecule has 0 unspecified atom stereocenters. The van der Waals surface area contributed by atoms with Gasteiger partial charge in [-0.3, -0.25) is 4.79 Å². The standard InChI is InChI=1S/C20H20N4O2/c1-13(25)15-6-4-7-16(10-15)23-19-12-20(22-14(2)21-19)24-17-8-5-9-18(11-17)26-3/h4-12H,1-3H3,(H2,21,22,23,24). The molecule has 0 aliphatic rings. The first kappa shape index (κ1) is 17.4. The number of rotatable bonds is 6. The van der Waals surface area contributed by atoms with E-state index in [1.807, 2.05) is 49.4 Å². The number of methoxy groups -OCH3 is 1. The number of anilines is 4. The Morgan fingerprint density at radius 1 is 0.923 bits per heavy atom. The van der Waals surface area contributed by atoms with Crippen LogP contribution >= 0.6 is 0 Å². The number of hydrogen-bond acceptors (Lipinski definition) is 6. The van der Waals surface area contributed by atoms with Crippen molar-refractivity contribution in [2.45, 2.75) is 13.8 Å². The van der Waals surface area contributed by atoms with Gasteiger partial charge in [0.15, 0.2) is 5.78 Å². The maximum Gasteiger partial charge on any atom is 0.159 e. The molecule has 0 fully saturated rings. The summed E-state index contributed by atoms with van der Waals surface area (Å²) in [5.74, 6) is 2.72. The molecule has 2 N–H and O–H groups in total. The van der Waals surface area contributed by atoms with Gasteiger partial charge in [-0.2, -0.15) is 0 Å². The second-order valence-corrected chi connectivity index (χ2v) is 5.80. The van der Waals surface area contributed by atoms with Gasteiger partial charge in [-0.05, 0) is 38.1 Å². The van der Waals surface area contributed by atoms with Gasteiger partial charge in [0.2, 0.25) is 0 Å². The second kappa shape index (κ2) is 7.65. The average Bonchev–Trinajstić information content (AvgIpc) is 2.61. The first-order chi connectivity index (χ1) is 12.5. The maximum absolute atomic E-state index is 11.5. The van der Waals surface area contributed by atoms with E-state index < -0.39 is 0 Å². The second-order valence-electron chi connectivity index (χ2n) is 5.80. The molecule has 0 spiro atoms. The van der Waals surface area contributed by atoms with E-state index >= 15 is 0 Å². The number of nitrogens with zero attached hydrogens (tertiary/aromatic N) is 2. The molecule has 26 heavy (non-hydrogen) atoms. The van der Waals surface area contributed by atoms with Crippen LogP contribution in [0.2, 0.25) is 0 Å². The zero-order valence-corrected chi connectivity index (χ0v) is 14.9. The number of carbonyl (C=O) groups is 1. The largest absolute Gasteiger partial charge is 0.497 e. The zero-order valence-electron chi connectivity index (χ0n) is 14.9. The highest BCUT2D eigenvalue weighted by Crippen LogP contribution is 2.23. The van der Waals surface area contributed by atoms with Crippen molar-refractivity contribution in [2.24, 2.45) is 0 Å². The van der Waals surface area contributed by atoms with Crippen LogP contribution in [0.5, 0.6) is 5.75 Å². The predicted octanol–water partition coefficient (Wildman–Crippen LogP) is 4.48. The molecule has 0 amide bonds. The highest BCUT2D eigenvalue weighted by atomic mass is 16.5. The fourth-order valence-corrected chi connectivity index (χ4v) is 2.51. The number of Topliss-reactive ketones (excluding diaryl/α,β-unsaturated/α-hetero) is 1. The highest BCUT2D eigenvalue weighted by molar-refractivity contribution is 5.95. The van der Waals surface area contributed by atoms with Crippen molar-refractivity contribution in [3.63, 3.8) is 0 Å². The molecule has 6 nitrogen and oxygen atoms in total. The minimum atomic E-state index is 0.0212. The minimum absolute atomic E-state index is 0.0212. The van der Waals surface area contributed by atoms with Crippen LogP contribution in [0, 0.1) is 6.92 Å². The smallest absolute Gasteiger partial charge is 0.159 e. The van der Waals surface area contributed by atoms with E-state index in [-0.39, 0.29) is 5.78 Å². The summed E-state index contributed by atoms with van der Waals surface area (Å²) in [5, 5.41) is 6.47. The van der Waals surface area contributed by atoms with Crippen LogP contribution in [0.4, 0.5) is 23.0 Å². The SMILES string of the molecule is COc1cccc(Nc2cc(Nc3cccc(C(C)=O)c3)nc(C)n2)c1. The van der Waals surface area contributed by atoms with Gasteiger partial charge < -0.3 is 15.4 Å². The van der Waals surface area contributed by atoms with E-state index in [9.17, 15) is 4.79 Å². The number of carbonyl (C=O) groups excluding carboxylic acids is 1. The molecule has 0 aliphatic carbocycles. The average molecular weight is 348 g/mol. The normalized spacial score (nSPS) is 10.3. The molecule has 0 bridgehead atoms. The first-order valence-electron chi connectivity index (χ1n) is 8.18. The van der Waals surface area contributed by atoms with Gasteiger partial charge in [-0.1, -0.05) is 18.2 Å². The van der Waals surface area contributed by atoms with E-state index in [2.05, 4.69) is 20.6 Å². The zero-order chi connectivity index (χ0) is 18.5. The molecule has 3 rings (SSSR count). The Hall–Kier alpha value is -3.41. The molecule has 3 aromatic rings. The Bertz CT molecular complexity index is 941. The van der Waals surface area contributed by atoms with Crippen LogP contribution < -0.4 is 15.4 Å². The number of benzene rings is 2. The van der Waals surface area contributed by atoms with Crippen LogP contribution in [-0.2, 0) is 0 Å². The van der Waals surface area contributed by atoms with Gasteiger partial charge >= 0.3 is 0 Å². The van der Waals surface area contributed by atoms with Crippen molar-refractivity contribution in [3.8, 4) is 5.75 Å². The Morgan fingerprint density at radius 3 is 2.15 bits per heavy atom. The summed E-state index contributed by atoms with van der Waals surface area (Å²) in [6, 6.07) is 16.7. The summed E-state index contributed by atoms with van der Waals surface area (Å²) in [7, 11) is 1.63. The lowest BCUT2D eigenvalue weighted by Crippen LogP contribution is -2.02. The first-order valence-corrected chi connectivity index (χ1v) is 8.18. The lowest BCUT2D eigenvalue weighted by atomic mass is 10.1. The molecule has 1 aromatic heterocycles. The Balaban J connectivity index is 1.83. The number of ether oxygens (including phenoxy) is 1. The van der Waals surface area contributed by atoms with Crippen LogP contribution in [-0.4, -0.2) is 22.9 Å². The fourth-order valence-electron chi connectivity index (χ4n) is 2.51. The molecule has 132 valence electrons. The Kier molecular flexibility index (Phi) is 5.12. The van der Waals surface area contributed by atoms with Crippen molar-refractivity contribution >= 4 is 28.8 Å². The van der Waals surface area contributed by atoms with E-state index in [1.54, 1.807) is 26.2 Å². The molecule has 0 atom stereocenters. The highest BCUT2D eigenvalue weighted by Gasteiger charge is 2.06. The van der Waals surface area contributed by atoms with Crippen LogP contribution in [0.1, 0.15) is 23.1 Å². The summed E-state index contributed by atoms with van der Waals surface area (Å²) in [4.78, 5) is 20.4. The van der Waals surface area contributed by atoms with Crippen molar-refractivity contribution in [3.05, 3.63) is 66.0 Å². The van der Waals surface area contributed by atoms with E-state index in [1.165, 1.54) is 0 Å². The summed E-state index contributed by atoms with van der Waals surface area (Å²) in [6.07, 6.45) is 0. The van der Waals surface area contributed by atoms with Crippen molar-refractivity contribution in [2.75, 3.05) is 17.7 Å². The number of aromatic nitrogens is 2. The maximum atomic E-state index is 11.5. The molecule has 0 radical (unpaired) electrons. The molecular formula is C20H20N4O2. The van der Waals surface area contributed by atoms with Crippen LogP contribution in [0.3, 0.4) is 0 Å². The minimum Gasteiger partial charge on any atom is -0.497 e. The molecular weight excluding hydrogens is 328 g/mol. The van der Waals surface area contributed by atoms with E-state index in [0.29, 0.717) is 23.0 Å². The third-order valence-corrected chi connectivity index (χ3v) is 3.72. The van der Waals surface area contributed by atoms with Gasteiger partial charge in [-0.15, -0.1) is 0 Å². The quantitative estimate of drug-likeness (QED) is 0.640. The van der Waals surface area contributed by atoms with Crippen molar-refractivity contribution in [1.29, 1.82) is 0 Å². The Labute approximate surface area is 152 Å². The number of nitrogens with one attached hydrogen (secondary N) is 2. The summed E-state index contributed by atoms with van der Waals surface area (Å²) < 4.78 is 5.24. The molecule has 2 aromatic carbocycles. The summed E-state index contributed by atoms with van der Waals surface area (Å²) in [5.41, 5.74) is 2.31. The van der Waals surface area contributed by atoms with E-state index in [4.69, 9.17) is 4.74 Å². The van der Waals surface area contributed by atoms with Gasteiger partial charge in [0, 0.05) is 29.1 Å². The molecule has 0 aliphatic heterocycles. The third-order valence-electron chi connectivity index (χ3n) is 3.72. The molecule has 1 heterocycles. The summed E-state index contributed by atoms with van der Waals surface area (Å²) >= 11 is 0. The lowest BCUT2D eigenvalue weighted by Gasteiger charge is -2.11.